The first-order chi connectivity index (χ1) is 14.8. The molecule has 2 atom stereocenters. The fraction of sp³-hybridized carbons (Fsp3) is 0.150. The molecule has 7 nitrogen and oxygen atoms in total. The molecule has 2 N–H and O–H groups in total. The highest BCUT2D eigenvalue weighted by Gasteiger charge is 2.50. The van der Waals surface area contributed by atoms with Gasteiger partial charge in [-0.1, -0.05) is 0 Å². The standard InChI is InChI=1S/C20H13F4N5O2/c21-12-3-9(10-6-27-28(7-10)20(23)24)4-13(22)16(12)17-18(30)19(31)29(17)11-1-2-14-15(5-11)26-8-25-14/h1-8,17-18,20,30H,(H,25,26)/t17-,18-/m0/s1. The third kappa shape index (κ3) is 2.96. The second-order valence-corrected chi connectivity index (χ2v) is 7.04. The summed E-state index contributed by atoms with van der Waals surface area (Å²) in [6.45, 7) is -2.89. The Labute approximate surface area is 171 Å². The number of nitrogens with zero attached hydrogens (tertiary/aromatic N) is 4. The zero-order chi connectivity index (χ0) is 21.9. The lowest BCUT2D eigenvalue weighted by Crippen LogP contribution is -2.59. The Hall–Kier alpha value is -3.73. The molecule has 1 aliphatic rings. The van der Waals surface area contributed by atoms with Gasteiger partial charge in [0.1, 0.15) is 17.7 Å². The first-order valence-corrected chi connectivity index (χ1v) is 9.11. The predicted molar refractivity (Wildman–Crippen MR) is 101 cm³/mol. The molecule has 2 aromatic heterocycles. The number of aliphatic hydroxyl groups is 1. The fourth-order valence-electron chi connectivity index (χ4n) is 3.75. The van der Waals surface area contributed by atoms with E-state index in [2.05, 4.69) is 15.1 Å². The quantitative estimate of drug-likeness (QED) is 0.382. The minimum absolute atomic E-state index is 0.00350. The molecule has 0 unspecified atom stereocenters. The number of anilines is 1. The molecule has 11 heteroatoms. The topological polar surface area (TPSA) is 87.0 Å². The smallest absolute Gasteiger partial charge is 0.333 e. The number of hydrogen-bond donors (Lipinski definition) is 2. The molecule has 0 aliphatic carbocycles. The van der Waals surface area contributed by atoms with Crippen LogP contribution in [0.4, 0.5) is 23.2 Å². The van der Waals surface area contributed by atoms with Crippen LogP contribution < -0.4 is 4.90 Å². The molecular weight excluding hydrogens is 418 g/mol. The van der Waals surface area contributed by atoms with Gasteiger partial charge in [0, 0.05) is 23.0 Å². The number of amides is 1. The molecule has 0 bridgehead atoms. The number of H-pyrrole nitrogens is 1. The van der Waals surface area contributed by atoms with E-state index < -0.39 is 41.8 Å². The number of hydrogen-bond acceptors (Lipinski definition) is 4. The Morgan fingerprint density at radius 3 is 2.52 bits per heavy atom. The minimum Gasteiger partial charge on any atom is -0.381 e. The lowest BCUT2D eigenvalue weighted by atomic mass is 9.88. The van der Waals surface area contributed by atoms with Gasteiger partial charge in [-0.3, -0.25) is 9.69 Å². The molecule has 0 radical (unpaired) electrons. The van der Waals surface area contributed by atoms with Crippen molar-refractivity contribution in [2.45, 2.75) is 18.7 Å². The number of imidazole rings is 1. The molecule has 1 aliphatic heterocycles. The predicted octanol–water partition coefficient (Wildman–Crippen LogP) is 3.55. The van der Waals surface area contributed by atoms with Crippen LogP contribution in [-0.4, -0.2) is 36.9 Å². The van der Waals surface area contributed by atoms with Gasteiger partial charge in [0.25, 0.3) is 5.91 Å². The highest BCUT2D eigenvalue weighted by atomic mass is 19.3. The number of rotatable bonds is 4. The summed E-state index contributed by atoms with van der Waals surface area (Å²) in [5.74, 6) is -2.75. The summed E-state index contributed by atoms with van der Waals surface area (Å²) in [5.41, 5.74) is 1.17. The van der Waals surface area contributed by atoms with E-state index in [1.165, 1.54) is 6.33 Å². The molecule has 2 aromatic carbocycles. The average molecular weight is 431 g/mol. The van der Waals surface area contributed by atoms with Crippen molar-refractivity contribution >= 4 is 22.6 Å². The summed E-state index contributed by atoms with van der Waals surface area (Å²) in [4.78, 5) is 20.4. The van der Waals surface area contributed by atoms with Crippen LogP contribution in [-0.2, 0) is 4.79 Å². The average Bonchev–Trinajstić information content (AvgIpc) is 3.41. The van der Waals surface area contributed by atoms with E-state index in [-0.39, 0.29) is 11.1 Å². The van der Waals surface area contributed by atoms with Crippen LogP contribution in [0.2, 0.25) is 0 Å². The molecule has 158 valence electrons. The molecule has 1 amide bonds. The zero-order valence-corrected chi connectivity index (χ0v) is 15.5. The number of alkyl halides is 2. The van der Waals surface area contributed by atoms with Crippen molar-refractivity contribution in [2.75, 3.05) is 4.90 Å². The largest absolute Gasteiger partial charge is 0.381 e. The zero-order valence-electron chi connectivity index (χ0n) is 15.5. The SMILES string of the molecule is O=C1[C@@H](O)[C@H](c2c(F)cc(-c3cnn(C(F)F)c3)cc2F)N1c1ccc2nc[nH]c2c1. The lowest BCUT2D eigenvalue weighted by Gasteiger charge is -2.44. The highest BCUT2D eigenvalue weighted by Crippen LogP contribution is 2.42. The number of aliphatic hydroxyl groups excluding tert-OH is 1. The van der Waals surface area contributed by atoms with Crippen LogP contribution >= 0.6 is 0 Å². The number of carbonyl (C=O) groups is 1. The van der Waals surface area contributed by atoms with Crippen LogP contribution in [0.25, 0.3) is 22.2 Å². The van der Waals surface area contributed by atoms with E-state index >= 15 is 0 Å². The van der Waals surface area contributed by atoms with Crippen molar-refractivity contribution in [1.82, 2.24) is 19.7 Å². The van der Waals surface area contributed by atoms with Crippen molar-refractivity contribution in [3.63, 3.8) is 0 Å². The van der Waals surface area contributed by atoms with E-state index in [0.29, 0.717) is 21.4 Å². The van der Waals surface area contributed by atoms with Crippen LogP contribution in [0.15, 0.2) is 49.1 Å². The number of nitrogens with one attached hydrogen (secondary N) is 1. The maximum absolute atomic E-state index is 14.9. The van der Waals surface area contributed by atoms with Crippen molar-refractivity contribution in [3.05, 3.63) is 66.3 Å². The van der Waals surface area contributed by atoms with E-state index in [0.717, 1.165) is 29.4 Å². The summed E-state index contributed by atoms with van der Waals surface area (Å²) >= 11 is 0. The molecule has 0 saturated carbocycles. The Morgan fingerprint density at radius 2 is 1.84 bits per heavy atom. The minimum atomic E-state index is -2.89. The number of aromatic amines is 1. The van der Waals surface area contributed by atoms with Crippen molar-refractivity contribution < 1.29 is 27.5 Å². The number of benzene rings is 2. The van der Waals surface area contributed by atoms with Crippen molar-refractivity contribution in [3.8, 4) is 11.1 Å². The van der Waals surface area contributed by atoms with Crippen molar-refractivity contribution in [2.24, 2.45) is 0 Å². The normalized spacial score (nSPS) is 18.8. The molecule has 5 rings (SSSR count). The summed E-state index contributed by atoms with van der Waals surface area (Å²) < 4.78 is 55.7. The monoisotopic (exact) mass is 431 g/mol. The maximum atomic E-state index is 14.9. The molecule has 31 heavy (non-hydrogen) atoms. The van der Waals surface area contributed by atoms with Crippen LogP contribution in [0.5, 0.6) is 0 Å². The summed E-state index contributed by atoms with van der Waals surface area (Å²) in [7, 11) is 0. The van der Waals surface area contributed by atoms with Crippen LogP contribution in [0, 0.1) is 11.6 Å². The van der Waals surface area contributed by atoms with E-state index in [1.54, 1.807) is 18.2 Å². The lowest BCUT2D eigenvalue weighted by molar-refractivity contribution is -0.137. The first kappa shape index (κ1) is 19.2. The Bertz CT molecular complexity index is 1290. The number of β-lactam (4-membered cyclic amide) rings is 1. The number of aromatic nitrogens is 4. The van der Waals surface area contributed by atoms with Gasteiger partial charge < -0.3 is 10.1 Å². The van der Waals surface area contributed by atoms with Gasteiger partial charge in [-0.2, -0.15) is 13.9 Å². The van der Waals surface area contributed by atoms with Gasteiger partial charge in [0.15, 0.2) is 6.10 Å². The Balaban J connectivity index is 1.54. The molecule has 1 saturated heterocycles. The molecule has 0 spiro atoms. The summed E-state index contributed by atoms with van der Waals surface area (Å²) in [5, 5.41) is 13.6. The third-order valence-electron chi connectivity index (χ3n) is 5.26. The molecule has 3 heterocycles. The van der Waals surface area contributed by atoms with Crippen molar-refractivity contribution in [1.29, 1.82) is 0 Å². The van der Waals surface area contributed by atoms with Gasteiger partial charge in [-0.05, 0) is 35.9 Å². The third-order valence-corrected chi connectivity index (χ3v) is 5.26. The Kier molecular flexibility index (Phi) is 4.29. The Morgan fingerprint density at radius 1 is 1.10 bits per heavy atom. The summed E-state index contributed by atoms with van der Waals surface area (Å²) in [6, 6.07) is 5.40. The number of fused-ring (bicyclic) bond motifs is 1. The number of halogens is 4. The maximum Gasteiger partial charge on any atom is 0.333 e. The van der Waals surface area contributed by atoms with Crippen LogP contribution in [0.3, 0.4) is 0 Å². The molecule has 4 aromatic rings. The highest BCUT2D eigenvalue weighted by molar-refractivity contribution is 6.05. The second kappa shape index (κ2) is 6.91. The van der Waals surface area contributed by atoms with E-state index in [4.69, 9.17) is 0 Å². The van der Waals surface area contributed by atoms with E-state index in [9.17, 15) is 27.5 Å². The van der Waals surface area contributed by atoms with Gasteiger partial charge >= 0.3 is 6.55 Å². The fourth-order valence-corrected chi connectivity index (χ4v) is 3.75. The van der Waals surface area contributed by atoms with Gasteiger partial charge in [0.2, 0.25) is 0 Å². The first-order valence-electron chi connectivity index (χ1n) is 9.11. The number of carbonyl (C=O) groups excluding carboxylic acids is 1. The molecular formula is C20H13F4N5O2. The van der Waals surface area contributed by atoms with Gasteiger partial charge in [0.05, 0.1) is 23.6 Å². The summed E-state index contributed by atoms with van der Waals surface area (Å²) in [6.07, 6.45) is 1.86. The molecule has 1 fully saturated rings. The van der Waals surface area contributed by atoms with E-state index in [1.807, 2.05) is 0 Å². The van der Waals surface area contributed by atoms with Gasteiger partial charge in [-0.15, -0.1) is 0 Å². The van der Waals surface area contributed by atoms with Gasteiger partial charge in [-0.25, -0.2) is 18.4 Å². The second-order valence-electron chi connectivity index (χ2n) is 7.04. The van der Waals surface area contributed by atoms with Crippen LogP contribution in [0.1, 0.15) is 18.2 Å².